The van der Waals surface area contributed by atoms with Gasteiger partial charge in [0.15, 0.2) is 0 Å². The Balaban J connectivity index is 1.42. The summed E-state index contributed by atoms with van der Waals surface area (Å²) in [6, 6.07) is 17.7. The lowest BCUT2D eigenvalue weighted by molar-refractivity contribution is 0.181. The number of fused-ring (bicyclic) bond motifs is 1. The number of piperidine rings is 1. The Morgan fingerprint density at radius 3 is 2.37 bits per heavy atom. The number of para-hydroxylation sites is 2. The molecule has 4 rings (SSSR count). The Kier molecular flexibility index (Phi) is 6.26. The lowest BCUT2D eigenvalue weighted by atomic mass is 9.86. The van der Waals surface area contributed by atoms with Crippen molar-refractivity contribution >= 4 is 11.0 Å². The van der Waals surface area contributed by atoms with E-state index in [2.05, 4.69) is 78.8 Å². The maximum atomic E-state index is 5.36. The molecule has 0 atom stereocenters. The second kappa shape index (κ2) is 8.91. The molecule has 1 saturated heterocycles. The second-order valence-electron chi connectivity index (χ2n) is 9.60. The fraction of sp³-hybridized carbons (Fsp3) is 0.500. The highest BCUT2D eigenvalue weighted by atomic mass is 16.5. The van der Waals surface area contributed by atoms with Crippen LogP contribution in [0.1, 0.15) is 56.5 Å². The van der Waals surface area contributed by atoms with Crippen LogP contribution < -0.4 is 0 Å². The van der Waals surface area contributed by atoms with Crippen LogP contribution >= 0.6 is 0 Å². The number of hydrogen-bond acceptors (Lipinski definition) is 3. The number of imidazole rings is 1. The minimum atomic E-state index is 0.213. The van der Waals surface area contributed by atoms with Crippen molar-refractivity contribution in [3.8, 4) is 0 Å². The summed E-state index contributed by atoms with van der Waals surface area (Å²) >= 11 is 0. The summed E-state index contributed by atoms with van der Waals surface area (Å²) in [5.41, 5.74) is 5.36. The van der Waals surface area contributed by atoms with Gasteiger partial charge in [-0.3, -0.25) is 4.90 Å². The first kappa shape index (κ1) is 21.1. The zero-order valence-electron chi connectivity index (χ0n) is 18.9. The topological polar surface area (TPSA) is 30.3 Å². The van der Waals surface area contributed by atoms with E-state index in [0.29, 0.717) is 5.92 Å². The monoisotopic (exact) mass is 405 g/mol. The SMILES string of the molecule is COCCn1c(C2CCN(Cc3ccc(C(C)(C)C)cc3)CC2)nc2ccccc21. The Hall–Kier alpha value is -2.17. The summed E-state index contributed by atoms with van der Waals surface area (Å²) in [7, 11) is 1.77. The Morgan fingerprint density at radius 2 is 1.70 bits per heavy atom. The van der Waals surface area contributed by atoms with Crippen LogP contribution in [0.2, 0.25) is 0 Å². The quantitative estimate of drug-likeness (QED) is 0.553. The van der Waals surface area contributed by atoms with Gasteiger partial charge < -0.3 is 9.30 Å². The predicted molar refractivity (Wildman–Crippen MR) is 124 cm³/mol. The molecule has 1 aliphatic heterocycles. The molecule has 4 heteroatoms. The third-order valence-electron chi connectivity index (χ3n) is 6.38. The van der Waals surface area contributed by atoms with Gasteiger partial charge in [0.25, 0.3) is 0 Å². The van der Waals surface area contributed by atoms with E-state index in [0.717, 1.165) is 51.1 Å². The van der Waals surface area contributed by atoms with E-state index >= 15 is 0 Å². The van der Waals surface area contributed by atoms with Crippen LogP contribution in [-0.2, 0) is 23.2 Å². The summed E-state index contributed by atoms with van der Waals surface area (Å²) in [4.78, 5) is 7.61. The van der Waals surface area contributed by atoms with E-state index in [9.17, 15) is 0 Å². The molecule has 0 spiro atoms. The van der Waals surface area contributed by atoms with Crippen LogP contribution in [0, 0.1) is 0 Å². The van der Waals surface area contributed by atoms with Crippen LogP contribution in [0.25, 0.3) is 11.0 Å². The van der Waals surface area contributed by atoms with Crippen LogP contribution in [0.4, 0.5) is 0 Å². The molecule has 1 aromatic heterocycles. The molecule has 0 aliphatic carbocycles. The molecule has 0 saturated carbocycles. The minimum absolute atomic E-state index is 0.213. The highest BCUT2D eigenvalue weighted by Gasteiger charge is 2.25. The number of likely N-dealkylation sites (tertiary alicyclic amines) is 1. The first-order valence-electron chi connectivity index (χ1n) is 11.2. The van der Waals surface area contributed by atoms with Gasteiger partial charge >= 0.3 is 0 Å². The maximum Gasteiger partial charge on any atom is 0.113 e. The van der Waals surface area contributed by atoms with Gasteiger partial charge in [-0.15, -0.1) is 0 Å². The van der Waals surface area contributed by atoms with Gasteiger partial charge in [0, 0.05) is 26.1 Å². The molecule has 30 heavy (non-hydrogen) atoms. The van der Waals surface area contributed by atoms with E-state index in [1.54, 1.807) is 7.11 Å². The second-order valence-corrected chi connectivity index (χ2v) is 9.60. The molecule has 2 heterocycles. The third-order valence-corrected chi connectivity index (χ3v) is 6.38. The smallest absolute Gasteiger partial charge is 0.113 e. The van der Waals surface area contributed by atoms with Gasteiger partial charge in [-0.25, -0.2) is 4.98 Å². The van der Waals surface area contributed by atoms with Gasteiger partial charge in [0.05, 0.1) is 17.6 Å². The minimum Gasteiger partial charge on any atom is -0.383 e. The fourth-order valence-corrected chi connectivity index (χ4v) is 4.54. The van der Waals surface area contributed by atoms with Crippen LogP contribution in [-0.4, -0.2) is 41.3 Å². The summed E-state index contributed by atoms with van der Waals surface area (Å²) < 4.78 is 7.74. The first-order chi connectivity index (χ1) is 14.5. The van der Waals surface area contributed by atoms with Crippen molar-refractivity contribution in [2.24, 2.45) is 0 Å². The van der Waals surface area contributed by atoms with Crippen molar-refractivity contribution in [2.75, 3.05) is 26.8 Å². The van der Waals surface area contributed by atoms with E-state index in [1.165, 1.54) is 22.5 Å². The summed E-state index contributed by atoms with van der Waals surface area (Å²) in [6.07, 6.45) is 2.33. The highest BCUT2D eigenvalue weighted by molar-refractivity contribution is 5.76. The molecule has 3 aromatic rings. The predicted octanol–water partition coefficient (Wildman–Crippen LogP) is 5.36. The number of nitrogens with zero attached hydrogens (tertiary/aromatic N) is 3. The van der Waals surface area contributed by atoms with Gasteiger partial charge in [0.1, 0.15) is 5.82 Å². The number of hydrogen-bond donors (Lipinski definition) is 0. The molecular weight excluding hydrogens is 370 g/mol. The maximum absolute atomic E-state index is 5.36. The van der Waals surface area contributed by atoms with Crippen LogP contribution in [0.15, 0.2) is 48.5 Å². The summed E-state index contributed by atoms with van der Waals surface area (Å²) in [5, 5.41) is 0. The molecule has 2 aromatic carbocycles. The van der Waals surface area contributed by atoms with Gasteiger partial charge in [-0.1, -0.05) is 57.2 Å². The fourth-order valence-electron chi connectivity index (χ4n) is 4.54. The first-order valence-corrected chi connectivity index (χ1v) is 11.2. The standard InChI is InChI=1S/C26H35N3O/c1-26(2,3)22-11-9-20(10-12-22)19-28-15-13-21(14-16-28)25-27-23-7-5-6-8-24(23)29(25)17-18-30-4/h5-12,21H,13-19H2,1-4H3. The Morgan fingerprint density at radius 1 is 1.00 bits per heavy atom. The van der Waals surface area contributed by atoms with Crippen molar-refractivity contribution in [2.45, 2.75) is 58.0 Å². The zero-order valence-corrected chi connectivity index (χ0v) is 18.9. The average Bonchev–Trinajstić information content (AvgIpc) is 3.11. The number of rotatable bonds is 6. The van der Waals surface area contributed by atoms with Crippen molar-refractivity contribution < 1.29 is 4.74 Å². The normalized spacial score (nSPS) is 16.4. The van der Waals surface area contributed by atoms with E-state index < -0.39 is 0 Å². The van der Waals surface area contributed by atoms with Crippen molar-refractivity contribution in [3.63, 3.8) is 0 Å². The largest absolute Gasteiger partial charge is 0.383 e. The Bertz CT molecular complexity index is 960. The molecule has 4 nitrogen and oxygen atoms in total. The molecule has 160 valence electrons. The number of methoxy groups -OCH3 is 1. The van der Waals surface area contributed by atoms with Gasteiger partial charge in [-0.2, -0.15) is 0 Å². The van der Waals surface area contributed by atoms with E-state index in [4.69, 9.17) is 9.72 Å². The van der Waals surface area contributed by atoms with Crippen LogP contribution in [0.5, 0.6) is 0 Å². The van der Waals surface area contributed by atoms with Crippen LogP contribution in [0.3, 0.4) is 0 Å². The molecule has 0 bridgehead atoms. The molecule has 1 aliphatic rings. The van der Waals surface area contributed by atoms with E-state index in [-0.39, 0.29) is 5.41 Å². The zero-order chi connectivity index (χ0) is 21.1. The van der Waals surface area contributed by atoms with Crippen molar-refractivity contribution in [1.82, 2.24) is 14.5 Å². The lowest BCUT2D eigenvalue weighted by Crippen LogP contribution is -2.33. The Labute approximate surface area is 180 Å². The summed E-state index contributed by atoms with van der Waals surface area (Å²) in [6.45, 7) is 11.7. The van der Waals surface area contributed by atoms with Crippen molar-refractivity contribution in [1.29, 1.82) is 0 Å². The molecule has 1 fully saturated rings. The highest BCUT2D eigenvalue weighted by Crippen LogP contribution is 2.31. The summed E-state index contributed by atoms with van der Waals surface area (Å²) in [5.74, 6) is 1.76. The third kappa shape index (κ3) is 4.60. The van der Waals surface area contributed by atoms with E-state index in [1.807, 2.05) is 0 Å². The average molecular weight is 406 g/mol. The van der Waals surface area contributed by atoms with Gasteiger partial charge in [0.2, 0.25) is 0 Å². The molecule has 0 unspecified atom stereocenters. The lowest BCUT2D eigenvalue weighted by Gasteiger charge is -2.32. The molecular formula is C26H35N3O. The molecule has 0 amide bonds. The number of benzene rings is 2. The molecule has 0 radical (unpaired) electrons. The van der Waals surface area contributed by atoms with Gasteiger partial charge in [-0.05, 0) is 54.6 Å². The molecule has 0 N–H and O–H groups in total. The number of aromatic nitrogens is 2. The number of ether oxygens (including phenoxy) is 1. The van der Waals surface area contributed by atoms with Crippen molar-refractivity contribution in [3.05, 3.63) is 65.5 Å².